The molecular weight excluding hydrogens is 377 g/mol. The summed E-state index contributed by atoms with van der Waals surface area (Å²) < 4.78 is 12.9. The van der Waals surface area contributed by atoms with E-state index in [1.54, 1.807) is 12.1 Å². The van der Waals surface area contributed by atoms with Crippen LogP contribution in [0.15, 0.2) is 72.8 Å². The van der Waals surface area contributed by atoms with Crippen LogP contribution in [0.5, 0.6) is 0 Å². The molecule has 0 atom stereocenters. The van der Waals surface area contributed by atoms with Crippen molar-refractivity contribution >= 4 is 34.2 Å². The maximum Gasteiger partial charge on any atom is 0.319 e. The van der Waals surface area contributed by atoms with Gasteiger partial charge in [-0.2, -0.15) is 0 Å². The van der Waals surface area contributed by atoms with Crippen LogP contribution >= 0.6 is 11.6 Å². The Morgan fingerprint density at radius 2 is 1.71 bits per heavy atom. The summed E-state index contributed by atoms with van der Waals surface area (Å²) in [5.74, 6) is -0.300. The van der Waals surface area contributed by atoms with Crippen molar-refractivity contribution in [1.29, 1.82) is 0 Å². The van der Waals surface area contributed by atoms with Crippen LogP contribution < -0.4 is 10.6 Å². The lowest BCUT2D eigenvalue weighted by Crippen LogP contribution is -2.28. The summed E-state index contributed by atoms with van der Waals surface area (Å²) in [6.45, 7) is 0.321. The van der Waals surface area contributed by atoms with Crippen molar-refractivity contribution in [1.82, 2.24) is 10.3 Å². The summed E-state index contributed by atoms with van der Waals surface area (Å²) in [6.07, 6.45) is 0. The number of rotatable bonds is 4. The third-order valence-electron chi connectivity index (χ3n) is 4.40. The van der Waals surface area contributed by atoms with Crippen molar-refractivity contribution in [3.63, 3.8) is 0 Å². The number of nitrogens with one attached hydrogen (secondary N) is 3. The maximum absolute atomic E-state index is 12.9. The molecule has 0 bridgehead atoms. The molecule has 0 radical (unpaired) electrons. The zero-order chi connectivity index (χ0) is 19.5. The first kappa shape index (κ1) is 18.1. The van der Waals surface area contributed by atoms with Gasteiger partial charge in [0.05, 0.1) is 0 Å². The molecule has 0 saturated carbocycles. The molecule has 0 saturated heterocycles. The molecule has 6 heteroatoms. The normalized spacial score (nSPS) is 10.8. The molecule has 0 unspecified atom stereocenters. The van der Waals surface area contributed by atoms with Gasteiger partial charge in [-0.3, -0.25) is 0 Å². The lowest BCUT2D eigenvalue weighted by molar-refractivity contribution is 0.251. The van der Waals surface area contributed by atoms with Gasteiger partial charge in [0.25, 0.3) is 0 Å². The van der Waals surface area contributed by atoms with Gasteiger partial charge in [0.15, 0.2) is 0 Å². The highest BCUT2D eigenvalue weighted by Gasteiger charge is 2.06. The van der Waals surface area contributed by atoms with Gasteiger partial charge >= 0.3 is 6.03 Å². The summed E-state index contributed by atoms with van der Waals surface area (Å²) in [5.41, 5.74) is 4.50. The third kappa shape index (κ3) is 4.15. The quantitative estimate of drug-likeness (QED) is 0.394. The molecule has 0 spiro atoms. The predicted octanol–water partition coefficient (Wildman–Crippen LogP) is 5.95. The second-order valence-electron chi connectivity index (χ2n) is 6.43. The van der Waals surface area contributed by atoms with E-state index in [0.29, 0.717) is 17.3 Å². The number of amides is 2. The monoisotopic (exact) mass is 393 g/mol. The third-order valence-corrected chi connectivity index (χ3v) is 4.64. The predicted molar refractivity (Wildman–Crippen MR) is 111 cm³/mol. The van der Waals surface area contributed by atoms with Crippen molar-refractivity contribution in [2.75, 3.05) is 5.32 Å². The number of H-pyrrole nitrogens is 1. The largest absolute Gasteiger partial charge is 0.355 e. The molecule has 0 fully saturated rings. The van der Waals surface area contributed by atoms with Crippen molar-refractivity contribution in [3.8, 4) is 11.3 Å². The van der Waals surface area contributed by atoms with E-state index in [2.05, 4.69) is 15.6 Å². The van der Waals surface area contributed by atoms with Gasteiger partial charge in [-0.1, -0.05) is 35.9 Å². The first-order valence-electron chi connectivity index (χ1n) is 8.75. The van der Waals surface area contributed by atoms with Crippen LogP contribution in [-0.4, -0.2) is 11.0 Å². The highest BCUT2D eigenvalue weighted by molar-refractivity contribution is 6.31. The maximum atomic E-state index is 12.9. The van der Waals surface area contributed by atoms with Gasteiger partial charge in [0.2, 0.25) is 0 Å². The zero-order valence-electron chi connectivity index (χ0n) is 14.8. The first-order chi connectivity index (χ1) is 13.6. The van der Waals surface area contributed by atoms with Crippen molar-refractivity contribution in [2.24, 2.45) is 0 Å². The van der Waals surface area contributed by atoms with E-state index in [9.17, 15) is 9.18 Å². The smallest absolute Gasteiger partial charge is 0.319 e. The standard InChI is InChI=1S/C22H17ClFN3O/c23-17-5-10-20-16(11-17)12-21(27-20)15-3-8-19(9-4-15)26-22(28)25-13-14-1-6-18(24)7-2-14/h1-12,27H,13H2,(H2,25,26,28). The molecular formula is C22H17ClFN3O. The summed E-state index contributed by atoms with van der Waals surface area (Å²) >= 11 is 6.04. The molecule has 1 heterocycles. The molecule has 4 rings (SSSR count). The first-order valence-corrected chi connectivity index (χ1v) is 9.13. The minimum absolute atomic E-state index is 0.300. The Kier molecular flexibility index (Phi) is 5.00. The SMILES string of the molecule is O=C(NCc1ccc(F)cc1)Nc1ccc(-c2cc3cc(Cl)ccc3[nH]2)cc1. The topological polar surface area (TPSA) is 56.9 Å². The Hall–Kier alpha value is -3.31. The average Bonchev–Trinajstić information content (AvgIpc) is 3.11. The number of aromatic amines is 1. The fourth-order valence-corrected chi connectivity index (χ4v) is 3.13. The van der Waals surface area contributed by atoms with Gasteiger partial charge in [-0.05, 0) is 59.7 Å². The van der Waals surface area contributed by atoms with Crippen molar-refractivity contribution in [2.45, 2.75) is 6.54 Å². The van der Waals surface area contributed by atoms with E-state index < -0.39 is 0 Å². The van der Waals surface area contributed by atoms with Crippen LogP contribution in [0.2, 0.25) is 5.02 Å². The number of hydrogen-bond acceptors (Lipinski definition) is 1. The number of halogens is 2. The number of fused-ring (bicyclic) bond motifs is 1. The summed E-state index contributed by atoms with van der Waals surface area (Å²) in [6, 6.07) is 21.0. The van der Waals surface area contributed by atoms with E-state index in [4.69, 9.17) is 11.6 Å². The van der Waals surface area contributed by atoms with Gasteiger partial charge in [-0.15, -0.1) is 0 Å². The molecule has 0 aliphatic carbocycles. The van der Waals surface area contributed by atoms with Crippen LogP contribution in [0, 0.1) is 5.82 Å². The second-order valence-corrected chi connectivity index (χ2v) is 6.86. The number of aromatic nitrogens is 1. The van der Waals surface area contributed by atoms with Crippen molar-refractivity contribution < 1.29 is 9.18 Å². The number of anilines is 1. The van der Waals surface area contributed by atoms with Gasteiger partial charge in [0.1, 0.15) is 5.82 Å². The van der Waals surface area contributed by atoms with Gasteiger partial charge < -0.3 is 15.6 Å². The minimum atomic E-state index is -0.322. The number of carbonyl (C=O) groups is 1. The van der Waals surface area contributed by atoms with E-state index in [0.717, 1.165) is 27.7 Å². The average molecular weight is 394 g/mol. The minimum Gasteiger partial charge on any atom is -0.355 e. The summed E-state index contributed by atoms with van der Waals surface area (Å²) in [5, 5.41) is 7.27. The molecule has 2 amide bonds. The van der Waals surface area contributed by atoms with Crippen LogP contribution in [0.3, 0.4) is 0 Å². The van der Waals surface area contributed by atoms with E-state index in [1.165, 1.54) is 12.1 Å². The highest BCUT2D eigenvalue weighted by Crippen LogP contribution is 2.27. The molecule has 3 N–H and O–H groups in total. The van der Waals surface area contributed by atoms with Crippen LogP contribution in [0.25, 0.3) is 22.2 Å². The molecule has 28 heavy (non-hydrogen) atoms. The van der Waals surface area contributed by atoms with E-state index >= 15 is 0 Å². The Balaban J connectivity index is 1.39. The molecule has 0 aliphatic rings. The Morgan fingerprint density at radius 1 is 0.964 bits per heavy atom. The second kappa shape index (κ2) is 7.74. The number of urea groups is 1. The highest BCUT2D eigenvalue weighted by atomic mass is 35.5. The van der Waals surface area contributed by atoms with Crippen LogP contribution in [0.4, 0.5) is 14.9 Å². The molecule has 3 aromatic carbocycles. The lowest BCUT2D eigenvalue weighted by atomic mass is 10.1. The van der Waals surface area contributed by atoms with Gasteiger partial charge in [0, 0.05) is 33.9 Å². The summed E-state index contributed by atoms with van der Waals surface area (Å²) in [4.78, 5) is 15.4. The molecule has 1 aromatic heterocycles. The fourth-order valence-electron chi connectivity index (χ4n) is 2.95. The zero-order valence-corrected chi connectivity index (χ0v) is 15.6. The van der Waals surface area contributed by atoms with E-state index in [-0.39, 0.29) is 11.8 Å². The molecule has 4 aromatic rings. The molecule has 140 valence electrons. The van der Waals surface area contributed by atoms with Crippen LogP contribution in [0.1, 0.15) is 5.56 Å². The van der Waals surface area contributed by atoms with Gasteiger partial charge in [-0.25, -0.2) is 9.18 Å². The Morgan fingerprint density at radius 3 is 2.46 bits per heavy atom. The summed E-state index contributed by atoms with van der Waals surface area (Å²) in [7, 11) is 0. The molecule has 0 aliphatic heterocycles. The van der Waals surface area contributed by atoms with Crippen LogP contribution in [-0.2, 0) is 6.54 Å². The fraction of sp³-hybridized carbons (Fsp3) is 0.0455. The lowest BCUT2D eigenvalue weighted by Gasteiger charge is -2.08. The molecule has 4 nitrogen and oxygen atoms in total. The number of hydrogen-bond donors (Lipinski definition) is 3. The Bertz CT molecular complexity index is 1120. The number of carbonyl (C=O) groups excluding carboxylic acids is 1. The number of benzene rings is 3. The van der Waals surface area contributed by atoms with E-state index in [1.807, 2.05) is 48.5 Å². The Labute approximate surface area is 166 Å². The van der Waals surface area contributed by atoms with Crippen molar-refractivity contribution in [3.05, 3.63) is 89.2 Å².